The first-order valence-electron chi connectivity index (χ1n) is 7.89. The van der Waals surface area contributed by atoms with Crippen molar-refractivity contribution in [3.63, 3.8) is 0 Å². The van der Waals surface area contributed by atoms with Gasteiger partial charge >= 0.3 is 0 Å². The van der Waals surface area contributed by atoms with Crippen LogP contribution in [-0.2, 0) is 11.2 Å². The Balaban J connectivity index is 1.45. The van der Waals surface area contributed by atoms with Gasteiger partial charge in [-0.15, -0.1) is 0 Å². The molecule has 0 bridgehead atoms. The van der Waals surface area contributed by atoms with Gasteiger partial charge in [0.25, 0.3) is 0 Å². The second-order valence-electron chi connectivity index (χ2n) is 5.73. The molecule has 0 atom stereocenters. The lowest BCUT2D eigenvalue weighted by Gasteiger charge is -2.09. The van der Waals surface area contributed by atoms with E-state index in [1.54, 1.807) is 0 Å². The van der Waals surface area contributed by atoms with E-state index in [9.17, 15) is 4.79 Å². The highest BCUT2D eigenvalue weighted by atomic mass is 16.5. The molecule has 0 radical (unpaired) electrons. The lowest BCUT2D eigenvalue weighted by molar-refractivity contribution is -0.117. The first-order valence-corrected chi connectivity index (χ1v) is 7.89. The number of aryl methyl sites for hydroxylation is 1. The second kappa shape index (κ2) is 7.12. The van der Waals surface area contributed by atoms with Crippen LogP contribution in [-0.4, -0.2) is 12.5 Å². The fraction of sp³-hybridized carbons (Fsp3) is 0.316. The van der Waals surface area contributed by atoms with Crippen molar-refractivity contribution in [3.8, 4) is 5.75 Å². The van der Waals surface area contributed by atoms with E-state index in [-0.39, 0.29) is 11.8 Å². The highest BCUT2D eigenvalue weighted by Crippen LogP contribution is 2.30. The van der Waals surface area contributed by atoms with Gasteiger partial charge in [-0.2, -0.15) is 0 Å². The summed E-state index contributed by atoms with van der Waals surface area (Å²) in [6, 6.07) is 18.0. The van der Waals surface area contributed by atoms with Crippen LogP contribution in [0.2, 0.25) is 0 Å². The molecular weight excluding hydrogens is 274 g/mol. The standard InChI is InChI=1S/C19H21NO2/c21-19(16-11-12-16)20-17-9-4-10-18(14-17)22-13-5-8-15-6-2-1-3-7-15/h1-4,6-7,9-10,14,16H,5,8,11-13H2,(H,20,21). The van der Waals surface area contributed by atoms with Gasteiger partial charge in [0.1, 0.15) is 5.75 Å². The van der Waals surface area contributed by atoms with Crippen LogP contribution in [0.4, 0.5) is 5.69 Å². The molecule has 1 saturated carbocycles. The van der Waals surface area contributed by atoms with Gasteiger partial charge in [-0.05, 0) is 43.4 Å². The Kier molecular flexibility index (Phi) is 4.74. The molecule has 0 spiro atoms. The van der Waals surface area contributed by atoms with Crippen LogP contribution in [0.5, 0.6) is 5.75 Å². The quantitative estimate of drug-likeness (QED) is 0.783. The molecule has 1 aliphatic carbocycles. The number of nitrogens with one attached hydrogen (secondary N) is 1. The third kappa shape index (κ3) is 4.35. The lowest BCUT2D eigenvalue weighted by atomic mass is 10.1. The molecule has 22 heavy (non-hydrogen) atoms. The lowest BCUT2D eigenvalue weighted by Crippen LogP contribution is -2.13. The Morgan fingerprint density at radius 3 is 2.68 bits per heavy atom. The van der Waals surface area contributed by atoms with Gasteiger partial charge in [0.05, 0.1) is 6.61 Å². The molecule has 1 fully saturated rings. The van der Waals surface area contributed by atoms with Crippen LogP contribution in [0.25, 0.3) is 0 Å². The van der Waals surface area contributed by atoms with Gasteiger partial charge in [0.15, 0.2) is 0 Å². The van der Waals surface area contributed by atoms with Crippen molar-refractivity contribution >= 4 is 11.6 Å². The maximum atomic E-state index is 11.8. The van der Waals surface area contributed by atoms with Gasteiger partial charge in [-0.25, -0.2) is 0 Å². The molecule has 1 N–H and O–H groups in total. The minimum Gasteiger partial charge on any atom is -0.494 e. The summed E-state index contributed by atoms with van der Waals surface area (Å²) in [5, 5.41) is 2.94. The minimum absolute atomic E-state index is 0.126. The average Bonchev–Trinajstić information content (AvgIpc) is 3.38. The van der Waals surface area contributed by atoms with Gasteiger partial charge in [0.2, 0.25) is 5.91 Å². The first-order chi connectivity index (χ1) is 10.8. The van der Waals surface area contributed by atoms with E-state index in [0.29, 0.717) is 6.61 Å². The molecule has 3 heteroatoms. The number of ether oxygens (including phenoxy) is 1. The minimum atomic E-state index is 0.126. The molecule has 0 unspecified atom stereocenters. The van der Waals surface area contributed by atoms with E-state index >= 15 is 0 Å². The predicted octanol–water partition coefficient (Wildman–Crippen LogP) is 4.05. The first kappa shape index (κ1) is 14.6. The van der Waals surface area contributed by atoms with Gasteiger partial charge < -0.3 is 10.1 Å². The van der Waals surface area contributed by atoms with Gasteiger partial charge in [0, 0.05) is 17.7 Å². The molecule has 2 aromatic carbocycles. The number of carbonyl (C=O) groups excluding carboxylic acids is 1. The van der Waals surface area contributed by atoms with E-state index in [0.717, 1.165) is 37.1 Å². The number of carbonyl (C=O) groups is 1. The summed E-state index contributed by atoms with van der Waals surface area (Å²) in [5.74, 6) is 1.15. The monoisotopic (exact) mass is 295 g/mol. The van der Waals surface area contributed by atoms with Crippen molar-refractivity contribution in [3.05, 3.63) is 60.2 Å². The molecule has 1 amide bonds. The summed E-state index contributed by atoms with van der Waals surface area (Å²) in [6.07, 6.45) is 4.02. The molecule has 3 rings (SSSR count). The molecule has 0 aliphatic heterocycles. The number of benzene rings is 2. The van der Waals surface area contributed by atoms with Crippen molar-refractivity contribution in [1.29, 1.82) is 0 Å². The Labute approximate surface area is 131 Å². The van der Waals surface area contributed by atoms with Crippen LogP contribution >= 0.6 is 0 Å². The zero-order valence-electron chi connectivity index (χ0n) is 12.6. The molecule has 114 valence electrons. The predicted molar refractivity (Wildman–Crippen MR) is 88.1 cm³/mol. The number of hydrogen-bond donors (Lipinski definition) is 1. The van der Waals surface area contributed by atoms with Crippen molar-refractivity contribution in [2.75, 3.05) is 11.9 Å². The van der Waals surface area contributed by atoms with Crippen molar-refractivity contribution in [2.45, 2.75) is 25.7 Å². The van der Waals surface area contributed by atoms with E-state index in [1.165, 1.54) is 5.56 Å². The third-order valence-corrected chi connectivity index (χ3v) is 3.77. The topological polar surface area (TPSA) is 38.3 Å². The highest BCUT2D eigenvalue weighted by Gasteiger charge is 2.29. The number of hydrogen-bond acceptors (Lipinski definition) is 2. The van der Waals surface area contributed by atoms with Crippen LogP contribution in [0.15, 0.2) is 54.6 Å². The molecule has 0 heterocycles. The molecule has 1 aliphatic rings. The maximum Gasteiger partial charge on any atom is 0.227 e. The summed E-state index contributed by atoms with van der Waals surface area (Å²) in [4.78, 5) is 11.8. The number of anilines is 1. The summed E-state index contributed by atoms with van der Waals surface area (Å²) >= 11 is 0. The van der Waals surface area contributed by atoms with Crippen LogP contribution < -0.4 is 10.1 Å². The molecule has 0 saturated heterocycles. The van der Waals surface area contributed by atoms with Crippen molar-refractivity contribution in [1.82, 2.24) is 0 Å². The summed E-state index contributed by atoms with van der Waals surface area (Å²) in [6.45, 7) is 0.676. The SMILES string of the molecule is O=C(Nc1cccc(OCCCc2ccccc2)c1)C1CC1. The molecule has 3 nitrogen and oxygen atoms in total. The normalized spacial score (nSPS) is 13.6. The van der Waals surface area contributed by atoms with Crippen molar-refractivity contribution < 1.29 is 9.53 Å². The summed E-state index contributed by atoms with van der Waals surface area (Å²) in [5.41, 5.74) is 2.15. The Hall–Kier alpha value is -2.29. The molecule has 2 aromatic rings. The van der Waals surface area contributed by atoms with E-state index < -0.39 is 0 Å². The Bertz CT molecular complexity index is 620. The molecule has 0 aromatic heterocycles. The fourth-order valence-electron chi connectivity index (χ4n) is 2.36. The van der Waals surface area contributed by atoms with Crippen molar-refractivity contribution in [2.24, 2.45) is 5.92 Å². The average molecular weight is 295 g/mol. The van der Waals surface area contributed by atoms with Gasteiger partial charge in [-0.3, -0.25) is 4.79 Å². The number of rotatable bonds is 7. The highest BCUT2D eigenvalue weighted by molar-refractivity contribution is 5.94. The van der Waals surface area contributed by atoms with E-state index in [1.807, 2.05) is 30.3 Å². The second-order valence-corrected chi connectivity index (χ2v) is 5.73. The van der Waals surface area contributed by atoms with Crippen LogP contribution in [0.3, 0.4) is 0 Å². The Morgan fingerprint density at radius 2 is 1.91 bits per heavy atom. The smallest absolute Gasteiger partial charge is 0.227 e. The number of amides is 1. The zero-order chi connectivity index (χ0) is 15.2. The summed E-state index contributed by atoms with van der Waals surface area (Å²) in [7, 11) is 0. The largest absolute Gasteiger partial charge is 0.494 e. The Morgan fingerprint density at radius 1 is 1.09 bits per heavy atom. The third-order valence-electron chi connectivity index (χ3n) is 3.77. The van der Waals surface area contributed by atoms with E-state index in [4.69, 9.17) is 4.74 Å². The fourth-order valence-corrected chi connectivity index (χ4v) is 2.36. The summed E-state index contributed by atoms with van der Waals surface area (Å²) < 4.78 is 5.77. The molecular formula is C19H21NO2. The van der Waals surface area contributed by atoms with Gasteiger partial charge in [-0.1, -0.05) is 36.4 Å². The zero-order valence-corrected chi connectivity index (χ0v) is 12.6. The van der Waals surface area contributed by atoms with Crippen LogP contribution in [0.1, 0.15) is 24.8 Å². The van der Waals surface area contributed by atoms with Crippen LogP contribution in [0, 0.1) is 5.92 Å². The maximum absolute atomic E-state index is 11.8. The van der Waals surface area contributed by atoms with E-state index in [2.05, 4.69) is 29.6 Å².